The van der Waals surface area contributed by atoms with Crippen molar-refractivity contribution in [3.8, 4) is 11.3 Å². The maximum Gasteiger partial charge on any atom is 0.187 e. The molecule has 0 spiro atoms. The van der Waals surface area contributed by atoms with E-state index in [9.17, 15) is 12.8 Å². The highest BCUT2D eigenvalue weighted by Crippen LogP contribution is 2.29. The van der Waals surface area contributed by atoms with Crippen LogP contribution in [0.5, 0.6) is 0 Å². The van der Waals surface area contributed by atoms with E-state index in [1.807, 2.05) is 5.38 Å². The van der Waals surface area contributed by atoms with Gasteiger partial charge in [0, 0.05) is 22.9 Å². The molecule has 0 amide bonds. The summed E-state index contributed by atoms with van der Waals surface area (Å²) in [6.45, 7) is 0. The van der Waals surface area contributed by atoms with Crippen molar-refractivity contribution in [2.75, 3.05) is 11.6 Å². The number of aromatic nitrogens is 1. The number of nitrogens with zero attached hydrogens (tertiary/aromatic N) is 1. The lowest BCUT2D eigenvalue weighted by atomic mass is 10.2. The summed E-state index contributed by atoms with van der Waals surface area (Å²) in [5.74, 6) is -0.479. The molecule has 8 heteroatoms. The van der Waals surface area contributed by atoms with Crippen LogP contribution in [-0.2, 0) is 9.84 Å². The molecule has 1 aromatic heterocycles. The van der Waals surface area contributed by atoms with Gasteiger partial charge in [0.15, 0.2) is 15.0 Å². The Hall–Kier alpha value is -1.96. The quantitative estimate of drug-likeness (QED) is 0.707. The molecule has 0 saturated heterocycles. The van der Waals surface area contributed by atoms with Crippen LogP contribution in [0.2, 0.25) is 5.02 Å². The van der Waals surface area contributed by atoms with Gasteiger partial charge in [0.25, 0.3) is 0 Å². The van der Waals surface area contributed by atoms with Crippen molar-refractivity contribution in [1.29, 1.82) is 0 Å². The Morgan fingerprint density at radius 2 is 1.88 bits per heavy atom. The lowest BCUT2D eigenvalue weighted by Crippen LogP contribution is -1.96. The van der Waals surface area contributed by atoms with Crippen molar-refractivity contribution in [3.05, 3.63) is 58.7 Å². The van der Waals surface area contributed by atoms with Gasteiger partial charge >= 0.3 is 0 Å². The number of anilines is 2. The molecule has 4 nitrogen and oxygen atoms in total. The fraction of sp³-hybridized carbons (Fsp3) is 0.0625. The average Bonchev–Trinajstić information content (AvgIpc) is 2.99. The summed E-state index contributed by atoms with van der Waals surface area (Å²) in [6, 6.07) is 10.9. The van der Waals surface area contributed by atoms with Crippen LogP contribution < -0.4 is 5.32 Å². The van der Waals surface area contributed by atoms with E-state index in [1.54, 1.807) is 30.3 Å². The van der Waals surface area contributed by atoms with Crippen LogP contribution in [0.15, 0.2) is 52.7 Å². The zero-order chi connectivity index (χ0) is 17.3. The number of hydrogen-bond donors (Lipinski definition) is 1. The molecule has 0 aliphatic carbocycles. The fourth-order valence-electron chi connectivity index (χ4n) is 2.03. The monoisotopic (exact) mass is 382 g/mol. The van der Waals surface area contributed by atoms with Crippen LogP contribution in [0.1, 0.15) is 0 Å². The fourth-order valence-corrected chi connectivity index (χ4v) is 3.58. The molecule has 0 atom stereocenters. The summed E-state index contributed by atoms with van der Waals surface area (Å²) in [7, 11) is -3.22. The number of sulfone groups is 1. The minimum absolute atomic E-state index is 0.0353. The van der Waals surface area contributed by atoms with Gasteiger partial charge in [-0.05, 0) is 30.3 Å². The summed E-state index contributed by atoms with van der Waals surface area (Å²) < 4.78 is 36.1. The van der Waals surface area contributed by atoms with Crippen molar-refractivity contribution in [2.24, 2.45) is 0 Å². The summed E-state index contributed by atoms with van der Waals surface area (Å²) in [5, 5.41) is 5.57. The molecule has 2 aromatic carbocycles. The van der Waals surface area contributed by atoms with Crippen molar-refractivity contribution in [1.82, 2.24) is 4.98 Å². The number of nitrogens with one attached hydrogen (secondary N) is 1. The molecule has 0 saturated carbocycles. The van der Waals surface area contributed by atoms with Crippen molar-refractivity contribution >= 4 is 43.6 Å². The highest BCUT2D eigenvalue weighted by Gasteiger charge is 2.09. The smallest absolute Gasteiger partial charge is 0.187 e. The highest BCUT2D eigenvalue weighted by atomic mass is 35.5. The van der Waals surface area contributed by atoms with Crippen LogP contribution in [0.4, 0.5) is 15.2 Å². The summed E-state index contributed by atoms with van der Waals surface area (Å²) in [6.07, 6.45) is 1.17. The van der Waals surface area contributed by atoms with Gasteiger partial charge in [-0.2, -0.15) is 0 Å². The minimum Gasteiger partial charge on any atom is -0.331 e. The molecule has 0 aliphatic heterocycles. The molecule has 1 heterocycles. The average molecular weight is 383 g/mol. The Labute approximate surface area is 147 Å². The number of benzene rings is 2. The Kier molecular flexibility index (Phi) is 4.58. The molecule has 0 bridgehead atoms. The molecule has 1 N–H and O–H groups in total. The van der Waals surface area contributed by atoms with Gasteiger partial charge in [-0.15, -0.1) is 11.3 Å². The van der Waals surface area contributed by atoms with Crippen molar-refractivity contribution in [3.63, 3.8) is 0 Å². The molecular formula is C16H12ClFN2O2S2. The van der Waals surface area contributed by atoms with E-state index in [4.69, 9.17) is 11.6 Å². The van der Waals surface area contributed by atoms with Crippen molar-refractivity contribution in [2.45, 2.75) is 4.90 Å². The van der Waals surface area contributed by atoms with Gasteiger partial charge in [-0.3, -0.25) is 0 Å². The Morgan fingerprint density at radius 3 is 2.50 bits per heavy atom. The highest BCUT2D eigenvalue weighted by molar-refractivity contribution is 7.90. The molecule has 24 heavy (non-hydrogen) atoms. The molecule has 0 unspecified atom stereocenters. The summed E-state index contributed by atoms with van der Waals surface area (Å²) >= 11 is 7.13. The van der Waals surface area contributed by atoms with E-state index in [1.165, 1.54) is 29.7 Å². The summed E-state index contributed by atoms with van der Waals surface area (Å²) in [5.41, 5.74) is 2.16. The number of halogens is 2. The Bertz CT molecular complexity index is 986. The lowest BCUT2D eigenvalue weighted by molar-refractivity contribution is 0.602. The second-order valence-electron chi connectivity index (χ2n) is 5.09. The maximum absolute atomic E-state index is 13.2. The topological polar surface area (TPSA) is 59.1 Å². The van der Waals surface area contributed by atoms with Crippen LogP contribution in [0.25, 0.3) is 11.3 Å². The minimum atomic E-state index is -3.22. The summed E-state index contributed by atoms with van der Waals surface area (Å²) in [4.78, 5) is 4.71. The molecule has 0 aliphatic rings. The normalized spacial score (nSPS) is 11.5. The predicted octanol–water partition coefficient (Wildman–Crippen LogP) is 4.75. The van der Waals surface area contributed by atoms with E-state index in [0.717, 1.165) is 11.3 Å². The lowest BCUT2D eigenvalue weighted by Gasteiger charge is -2.03. The first-order chi connectivity index (χ1) is 11.3. The van der Waals surface area contributed by atoms with Crippen LogP contribution >= 0.6 is 22.9 Å². The van der Waals surface area contributed by atoms with Crippen molar-refractivity contribution < 1.29 is 12.8 Å². The van der Waals surface area contributed by atoms with Crippen LogP contribution in [-0.4, -0.2) is 19.7 Å². The van der Waals surface area contributed by atoms with Gasteiger partial charge in [-0.1, -0.05) is 23.7 Å². The first-order valence-corrected chi connectivity index (χ1v) is 9.96. The maximum atomic E-state index is 13.2. The second-order valence-corrected chi connectivity index (χ2v) is 8.37. The first kappa shape index (κ1) is 16.9. The van der Waals surface area contributed by atoms with E-state index in [-0.39, 0.29) is 9.92 Å². The van der Waals surface area contributed by atoms with Gasteiger partial charge in [0.05, 0.1) is 15.6 Å². The molecule has 124 valence electrons. The largest absolute Gasteiger partial charge is 0.331 e. The van der Waals surface area contributed by atoms with Crippen LogP contribution in [0, 0.1) is 5.82 Å². The zero-order valence-corrected chi connectivity index (χ0v) is 14.8. The molecular weight excluding hydrogens is 371 g/mol. The third-order valence-electron chi connectivity index (χ3n) is 3.25. The zero-order valence-electron chi connectivity index (χ0n) is 12.5. The molecule has 0 fully saturated rings. The molecule has 3 aromatic rings. The van der Waals surface area contributed by atoms with E-state index in [0.29, 0.717) is 10.8 Å². The van der Waals surface area contributed by atoms with E-state index in [2.05, 4.69) is 10.3 Å². The molecule has 0 radical (unpaired) electrons. The van der Waals surface area contributed by atoms with Gasteiger partial charge in [-0.25, -0.2) is 17.8 Å². The van der Waals surface area contributed by atoms with Crippen LogP contribution in [0.3, 0.4) is 0 Å². The van der Waals surface area contributed by atoms with Gasteiger partial charge in [0.1, 0.15) is 5.82 Å². The Balaban J connectivity index is 1.81. The second kappa shape index (κ2) is 6.51. The SMILES string of the molecule is CS(=O)(=O)c1ccc(-c2csc(Nc3ccc(F)c(Cl)c3)n2)cc1. The van der Waals surface area contributed by atoms with Gasteiger partial charge in [0.2, 0.25) is 0 Å². The number of hydrogen-bond acceptors (Lipinski definition) is 5. The molecule has 3 rings (SSSR count). The van der Waals surface area contributed by atoms with E-state index < -0.39 is 15.7 Å². The van der Waals surface area contributed by atoms with E-state index >= 15 is 0 Å². The number of rotatable bonds is 4. The standard InChI is InChI=1S/C16H12ClFN2O2S2/c1-24(21,22)12-5-2-10(3-6-12)15-9-23-16(20-15)19-11-4-7-14(18)13(17)8-11/h2-9H,1H3,(H,19,20). The number of thiazole rings is 1. The third-order valence-corrected chi connectivity index (χ3v) is 5.43. The predicted molar refractivity (Wildman–Crippen MR) is 95.4 cm³/mol. The first-order valence-electron chi connectivity index (χ1n) is 6.81. The van der Waals surface area contributed by atoms with Gasteiger partial charge < -0.3 is 5.32 Å². The Morgan fingerprint density at radius 1 is 1.17 bits per heavy atom. The third kappa shape index (κ3) is 3.75.